The van der Waals surface area contributed by atoms with Crippen molar-refractivity contribution in [3.8, 4) is 0 Å². The van der Waals surface area contributed by atoms with Crippen molar-refractivity contribution in [2.75, 3.05) is 5.75 Å². The number of carbonyl (C=O) groups excluding carboxylic acids is 1. The second-order valence-corrected chi connectivity index (χ2v) is 3.40. The van der Waals surface area contributed by atoms with Crippen molar-refractivity contribution in [3.05, 3.63) is 0 Å². The van der Waals surface area contributed by atoms with Gasteiger partial charge in [-0.25, -0.2) is 4.79 Å². The first-order valence-electron chi connectivity index (χ1n) is 3.31. The van der Waals surface area contributed by atoms with Gasteiger partial charge >= 0.3 is 5.97 Å². The van der Waals surface area contributed by atoms with Crippen molar-refractivity contribution in [3.63, 3.8) is 0 Å². The highest BCUT2D eigenvalue weighted by Gasteiger charge is 2.19. The second kappa shape index (κ2) is 5.31. The number of carboxylic acid groups (broad SMARTS) is 1. The molecule has 0 heterocycles. The lowest BCUT2D eigenvalue weighted by Gasteiger charge is -2.12. The van der Waals surface area contributed by atoms with E-state index in [0.29, 0.717) is 0 Å². The summed E-state index contributed by atoms with van der Waals surface area (Å²) in [6.07, 6.45) is 0. The first kappa shape index (κ1) is 11.6. The van der Waals surface area contributed by atoms with Gasteiger partial charge < -0.3 is 10.4 Å². The Morgan fingerprint density at radius 1 is 1.58 bits per heavy atom. The van der Waals surface area contributed by atoms with Crippen LogP contribution in [0.2, 0.25) is 0 Å². The van der Waals surface area contributed by atoms with Gasteiger partial charge in [0.2, 0.25) is 5.91 Å². The quantitative estimate of drug-likeness (QED) is 0.485. The Hall–Kier alpha value is -0.360. The van der Waals surface area contributed by atoms with E-state index in [9.17, 15) is 9.59 Å². The highest BCUT2D eigenvalue weighted by molar-refractivity contribution is 7.81. The molecule has 0 aromatic heterocycles. The Bertz CT molecular complexity index is 184. The van der Waals surface area contributed by atoms with Crippen molar-refractivity contribution in [2.45, 2.75) is 18.2 Å². The molecule has 0 aromatic carbocycles. The van der Waals surface area contributed by atoms with Gasteiger partial charge in [0.15, 0.2) is 0 Å². The molecule has 0 aliphatic carbocycles. The summed E-state index contributed by atoms with van der Waals surface area (Å²) in [5.74, 6) is -1.42. The zero-order valence-electron chi connectivity index (χ0n) is 6.52. The monoisotopic (exact) mass is 209 g/mol. The predicted molar refractivity (Wildman–Crippen MR) is 51.9 cm³/mol. The molecule has 0 bridgehead atoms. The van der Waals surface area contributed by atoms with E-state index in [4.69, 9.17) is 5.11 Å². The van der Waals surface area contributed by atoms with Crippen LogP contribution >= 0.6 is 25.3 Å². The Kier molecular flexibility index (Phi) is 5.16. The molecule has 0 fully saturated rings. The van der Waals surface area contributed by atoms with Crippen molar-refractivity contribution in [1.29, 1.82) is 0 Å². The molecule has 2 N–H and O–H groups in total. The Morgan fingerprint density at radius 3 is 2.33 bits per heavy atom. The van der Waals surface area contributed by atoms with Gasteiger partial charge in [-0.1, -0.05) is 0 Å². The van der Waals surface area contributed by atoms with Crippen molar-refractivity contribution < 1.29 is 14.7 Å². The van der Waals surface area contributed by atoms with E-state index in [-0.39, 0.29) is 5.75 Å². The number of amides is 1. The van der Waals surface area contributed by atoms with Crippen molar-refractivity contribution in [1.82, 2.24) is 5.32 Å². The van der Waals surface area contributed by atoms with Crippen LogP contribution in [-0.2, 0) is 9.59 Å². The molecule has 0 aliphatic rings. The van der Waals surface area contributed by atoms with Crippen LogP contribution in [0.5, 0.6) is 0 Å². The van der Waals surface area contributed by atoms with Gasteiger partial charge in [0, 0.05) is 5.75 Å². The summed E-state index contributed by atoms with van der Waals surface area (Å²) in [4.78, 5) is 21.3. The lowest BCUT2D eigenvalue weighted by Crippen LogP contribution is -2.44. The lowest BCUT2D eigenvalue weighted by atomic mass is 10.3. The van der Waals surface area contributed by atoms with Crippen LogP contribution in [0.15, 0.2) is 0 Å². The van der Waals surface area contributed by atoms with E-state index in [0.717, 1.165) is 0 Å². The fourth-order valence-electron chi connectivity index (χ4n) is 0.478. The van der Waals surface area contributed by atoms with E-state index >= 15 is 0 Å². The number of nitrogens with one attached hydrogen (secondary N) is 1. The molecule has 2 atom stereocenters. The highest BCUT2D eigenvalue weighted by Crippen LogP contribution is 1.95. The minimum atomic E-state index is -1.09. The zero-order valence-corrected chi connectivity index (χ0v) is 8.31. The normalized spacial score (nSPS) is 14.9. The molecule has 0 spiro atoms. The summed E-state index contributed by atoms with van der Waals surface area (Å²) in [5, 5.41) is 10.3. The number of carbonyl (C=O) groups is 2. The number of thiol groups is 2. The average molecular weight is 209 g/mol. The van der Waals surface area contributed by atoms with E-state index in [1.807, 2.05) is 0 Å². The minimum Gasteiger partial charge on any atom is -0.480 e. The highest BCUT2D eigenvalue weighted by atomic mass is 32.1. The van der Waals surface area contributed by atoms with Crippen molar-refractivity contribution in [2.24, 2.45) is 0 Å². The molecular weight excluding hydrogens is 198 g/mol. The first-order valence-corrected chi connectivity index (χ1v) is 4.46. The summed E-state index contributed by atoms with van der Waals surface area (Å²) in [5.41, 5.74) is 0. The van der Waals surface area contributed by atoms with Crippen LogP contribution in [0.4, 0.5) is 0 Å². The smallest absolute Gasteiger partial charge is 0.327 e. The van der Waals surface area contributed by atoms with Crippen molar-refractivity contribution >= 4 is 37.1 Å². The zero-order chi connectivity index (χ0) is 9.72. The average Bonchev–Trinajstić information content (AvgIpc) is 1.98. The maximum absolute atomic E-state index is 10.9. The number of hydrogen-bond donors (Lipinski definition) is 4. The van der Waals surface area contributed by atoms with Crippen LogP contribution in [0.25, 0.3) is 0 Å². The third kappa shape index (κ3) is 3.87. The molecule has 12 heavy (non-hydrogen) atoms. The Labute approximate surface area is 81.5 Å². The summed E-state index contributed by atoms with van der Waals surface area (Å²) in [6.45, 7) is 1.57. The SMILES string of the molecule is CC(S)C(=O)N[C@@H](CS)C(=O)O. The van der Waals surface area contributed by atoms with Gasteiger partial charge in [-0.2, -0.15) is 25.3 Å². The summed E-state index contributed by atoms with van der Waals surface area (Å²) in [7, 11) is 0. The van der Waals surface area contributed by atoms with E-state index < -0.39 is 23.2 Å². The molecule has 6 heteroatoms. The standard InChI is InChI=1S/C6H11NO3S2/c1-3(12)5(8)7-4(2-11)6(9)10/h3-4,11-12H,2H2,1H3,(H,7,8)(H,9,10)/t3?,4-/m0/s1. The fraction of sp³-hybridized carbons (Fsp3) is 0.667. The Balaban J connectivity index is 4.03. The Morgan fingerprint density at radius 2 is 2.08 bits per heavy atom. The van der Waals surface area contributed by atoms with Crippen LogP contribution in [0.1, 0.15) is 6.92 Å². The van der Waals surface area contributed by atoms with Crippen LogP contribution in [-0.4, -0.2) is 34.0 Å². The number of aliphatic carboxylic acids is 1. The molecular formula is C6H11NO3S2. The van der Waals surface area contributed by atoms with Gasteiger partial charge in [-0.15, -0.1) is 0 Å². The van der Waals surface area contributed by atoms with E-state index in [1.54, 1.807) is 6.92 Å². The molecule has 0 radical (unpaired) electrons. The number of carboxylic acids is 1. The van der Waals surface area contributed by atoms with Gasteiger partial charge in [-0.3, -0.25) is 4.79 Å². The van der Waals surface area contributed by atoms with Gasteiger partial charge in [0.1, 0.15) is 6.04 Å². The van der Waals surface area contributed by atoms with Gasteiger partial charge in [0.05, 0.1) is 5.25 Å². The number of rotatable bonds is 4. The predicted octanol–water partition coefficient (Wildman–Crippen LogP) is -0.196. The van der Waals surface area contributed by atoms with Crippen LogP contribution in [0, 0.1) is 0 Å². The summed E-state index contributed by atoms with van der Waals surface area (Å²) < 4.78 is 0. The molecule has 1 amide bonds. The molecule has 70 valence electrons. The molecule has 1 unspecified atom stereocenters. The van der Waals surface area contributed by atoms with Gasteiger partial charge in [0.25, 0.3) is 0 Å². The van der Waals surface area contributed by atoms with Crippen LogP contribution < -0.4 is 5.32 Å². The molecule has 0 saturated heterocycles. The van der Waals surface area contributed by atoms with Gasteiger partial charge in [-0.05, 0) is 6.92 Å². The maximum atomic E-state index is 10.9. The molecule has 4 nitrogen and oxygen atoms in total. The maximum Gasteiger partial charge on any atom is 0.327 e. The molecule has 0 aliphatic heterocycles. The molecule has 0 saturated carbocycles. The summed E-state index contributed by atoms with van der Waals surface area (Å²) in [6, 6.07) is -0.935. The van der Waals surface area contributed by atoms with E-state index in [2.05, 4.69) is 30.6 Å². The minimum absolute atomic E-state index is 0.0710. The number of hydrogen-bond acceptors (Lipinski definition) is 4. The first-order chi connectivity index (χ1) is 5.49. The van der Waals surface area contributed by atoms with Crippen LogP contribution in [0.3, 0.4) is 0 Å². The lowest BCUT2D eigenvalue weighted by molar-refractivity contribution is -0.140. The van der Waals surface area contributed by atoms with E-state index in [1.165, 1.54) is 0 Å². The fourth-order valence-corrected chi connectivity index (χ4v) is 0.800. The molecule has 0 rings (SSSR count). The topological polar surface area (TPSA) is 66.4 Å². The third-order valence-electron chi connectivity index (χ3n) is 1.18. The molecule has 0 aromatic rings. The largest absolute Gasteiger partial charge is 0.480 e. The third-order valence-corrected chi connectivity index (χ3v) is 1.78. The second-order valence-electron chi connectivity index (χ2n) is 2.26. The summed E-state index contributed by atoms with van der Waals surface area (Å²) >= 11 is 7.62.